The maximum atomic E-state index is 9.69. The fourth-order valence-electron chi connectivity index (χ4n) is 1.42. The minimum Gasteiger partial charge on any atom is -0.389 e. The molecule has 2 aromatic rings. The van der Waals surface area contributed by atoms with Gasteiger partial charge >= 0.3 is 0 Å². The maximum Gasteiger partial charge on any atom is 0.227 e. The van der Waals surface area contributed by atoms with E-state index in [0.29, 0.717) is 12.5 Å². The van der Waals surface area contributed by atoms with Crippen LogP contribution in [0.3, 0.4) is 0 Å². The van der Waals surface area contributed by atoms with Crippen molar-refractivity contribution in [3.05, 3.63) is 28.4 Å². The van der Waals surface area contributed by atoms with Crippen molar-refractivity contribution >= 4 is 34.2 Å². The number of nitrogens with one attached hydrogen (secondary N) is 1. The second-order valence-electron chi connectivity index (χ2n) is 4.59. The summed E-state index contributed by atoms with van der Waals surface area (Å²) in [5, 5.41) is 16.9. The van der Waals surface area contributed by atoms with E-state index in [1.807, 2.05) is 0 Å². The van der Waals surface area contributed by atoms with Crippen molar-refractivity contribution in [3.8, 4) is 0 Å². The van der Waals surface area contributed by atoms with Crippen LogP contribution < -0.4 is 5.32 Å². The Bertz CT molecular complexity index is 517. The molecular formula is C11H14IN5O. The molecule has 0 aliphatic carbocycles. The van der Waals surface area contributed by atoms with Crippen LogP contribution in [0.1, 0.15) is 13.8 Å². The largest absolute Gasteiger partial charge is 0.389 e. The molecule has 0 saturated carbocycles. The van der Waals surface area contributed by atoms with Crippen molar-refractivity contribution in [2.75, 3.05) is 5.32 Å². The van der Waals surface area contributed by atoms with Crippen molar-refractivity contribution in [1.82, 2.24) is 19.7 Å². The van der Waals surface area contributed by atoms with Gasteiger partial charge in [0.15, 0.2) is 0 Å². The second kappa shape index (κ2) is 5.19. The van der Waals surface area contributed by atoms with E-state index in [4.69, 9.17) is 0 Å². The zero-order valence-electron chi connectivity index (χ0n) is 10.1. The number of rotatable bonds is 4. The lowest BCUT2D eigenvalue weighted by atomic mass is 10.1. The monoisotopic (exact) mass is 359 g/mol. The number of halogens is 1. The number of hydrogen-bond donors (Lipinski definition) is 2. The SMILES string of the molecule is CC(C)(O)Cn1cc(Nc2ncc(I)cn2)cn1. The zero-order valence-corrected chi connectivity index (χ0v) is 12.3. The van der Waals surface area contributed by atoms with Crippen LogP contribution in [0.25, 0.3) is 0 Å². The van der Waals surface area contributed by atoms with Gasteiger partial charge in [-0.15, -0.1) is 0 Å². The Labute approximate surface area is 119 Å². The normalized spacial score (nSPS) is 11.6. The highest BCUT2D eigenvalue weighted by Crippen LogP contribution is 2.13. The summed E-state index contributed by atoms with van der Waals surface area (Å²) in [6.07, 6.45) is 6.95. The van der Waals surface area contributed by atoms with Crippen LogP contribution >= 0.6 is 22.6 Å². The lowest BCUT2D eigenvalue weighted by Crippen LogP contribution is -2.26. The van der Waals surface area contributed by atoms with Crippen LogP contribution in [0.5, 0.6) is 0 Å². The smallest absolute Gasteiger partial charge is 0.227 e. The van der Waals surface area contributed by atoms with Gasteiger partial charge in [-0.25, -0.2) is 9.97 Å². The van der Waals surface area contributed by atoms with Crippen LogP contribution in [0, 0.1) is 3.57 Å². The lowest BCUT2D eigenvalue weighted by molar-refractivity contribution is 0.0578. The summed E-state index contributed by atoms with van der Waals surface area (Å²) in [6, 6.07) is 0. The highest BCUT2D eigenvalue weighted by Gasteiger charge is 2.14. The molecule has 0 unspecified atom stereocenters. The van der Waals surface area contributed by atoms with Gasteiger partial charge < -0.3 is 10.4 Å². The summed E-state index contributed by atoms with van der Waals surface area (Å²) in [7, 11) is 0. The Hall–Kier alpha value is -1.22. The first-order chi connectivity index (χ1) is 8.42. The summed E-state index contributed by atoms with van der Waals surface area (Å²) in [5.74, 6) is 0.526. The van der Waals surface area contributed by atoms with E-state index in [2.05, 4.69) is 43.0 Å². The molecule has 2 N–H and O–H groups in total. The number of aliphatic hydroxyl groups is 1. The average Bonchev–Trinajstić information content (AvgIpc) is 2.66. The van der Waals surface area contributed by atoms with Crippen molar-refractivity contribution in [3.63, 3.8) is 0 Å². The maximum absolute atomic E-state index is 9.69. The van der Waals surface area contributed by atoms with Gasteiger partial charge in [0.25, 0.3) is 0 Å². The minimum atomic E-state index is -0.789. The molecule has 0 amide bonds. The quantitative estimate of drug-likeness (QED) is 0.815. The van der Waals surface area contributed by atoms with Crippen molar-refractivity contribution in [2.45, 2.75) is 26.0 Å². The van der Waals surface area contributed by atoms with Gasteiger partial charge in [-0.05, 0) is 36.4 Å². The minimum absolute atomic E-state index is 0.433. The van der Waals surface area contributed by atoms with Gasteiger partial charge in [0, 0.05) is 22.2 Å². The van der Waals surface area contributed by atoms with Crippen molar-refractivity contribution in [1.29, 1.82) is 0 Å². The molecule has 18 heavy (non-hydrogen) atoms. The number of aromatic nitrogens is 4. The van der Waals surface area contributed by atoms with Crippen LogP contribution in [-0.4, -0.2) is 30.5 Å². The molecule has 0 saturated heterocycles. The molecule has 0 fully saturated rings. The van der Waals surface area contributed by atoms with E-state index < -0.39 is 5.60 Å². The first-order valence-corrected chi connectivity index (χ1v) is 6.50. The molecule has 6 nitrogen and oxygen atoms in total. The third-order valence-corrected chi connectivity index (χ3v) is 2.62. The fourth-order valence-corrected chi connectivity index (χ4v) is 1.70. The summed E-state index contributed by atoms with van der Waals surface area (Å²) in [5.41, 5.74) is 0.00305. The molecule has 96 valence electrons. The highest BCUT2D eigenvalue weighted by atomic mass is 127. The second-order valence-corrected chi connectivity index (χ2v) is 5.83. The Morgan fingerprint density at radius 2 is 2.00 bits per heavy atom. The molecule has 0 aliphatic rings. The zero-order chi connectivity index (χ0) is 13.2. The topological polar surface area (TPSA) is 75.9 Å². The van der Waals surface area contributed by atoms with Crippen molar-refractivity contribution in [2.24, 2.45) is 0 Å². The molecule has 0 spiro atoms. The van der Waals surface area contributed by atoms with Crippen molar-refractivity contribution < 1.29 is 5.11 Å². The lowest BCUT2D eigenvalue weighted by Gasteiger charge is -2.16. The van der Waals surface area contributed by atoms with E-state index in [9.17, 15) is 5.11 Å². The molecule has 2 heterocycles. The van der Waals surface area contributed by atoms with Gasteiger partial charge in [0.05, 0.1) is 24.0 Å². The van der Waals surface area contributed by atoms with Gasteiger partial charge in [0.1, 0.15) is 0 Å². The van der Waals surface area contributed by atoms with Gasteiger partial charge in [-0.2, -0.15) is 5.10 Å². The number of nitrogens with zero attached hydrogens (tertiary/aromatic N) is 4. The van der Waals surface area contributed by atoms with E-state index in [0.717, 1.165) is 9.26 Å². The Kier molecular flexibility index (Phi) is 3.81. The van der Waals surface area contributed by atoms with Crippen LogP contribution in [0.2, 0.25) is 0 Å². The van der Waals surface area contributed by atoms with E-state index >= 15 is 0 Å². The Morgan fingerprint density at radius 1 is 1.33 bits per heavy atom. The Morgan fingerprint density at radius 3 is 2.61 bits per heavy atom. The van der Waals surface area contributed by atoms with Crippen LogP contribution in [0.15, 0.2) is 24.8 Å². The first kappa shape index (κ1) is 13.2. The van der Waals surface area contributed by atoms with E-state index in [1.165, 1.54) is 0 Å². The van der Waals surface area contributed by atoms with Crippen LogP contribution in [-0.2, 0) is 6.54 Å². The molecule has 2 aromatic heterocycles. The summed E-state index contributed by atoms with van der Waals surface area (Å²) >= 11 is 2.15. The first-order valence-electron chi connectivity index (χ1n) is 5.42. The molecular weight excluding hydrogens is 345 g/mol. The summed E-state index contributed by atoms with van der Waals surface area (Å²) in [6.45, 7) is 3.91. The third kappa shape index (κ3) is 3.91. The van der Waals surface area contributed by atoms with Gasteiger partial charge in [0.2, 0.25) is 5.95 Å². The number of anilines is 2. The molecule has 2 rings (SSSR count). The average molecular weight is 359 g/mol. The predicted octanol–water partition coefficient (Wildman–Crippen LogP) is 1.79. The van der Waals surface area contributed by atoms with Gasteiger partial charge in [-0.3, -0.25) is 4.68 Å². The van der Waals surface area contributed by atoms with Gasteiger partial charge in [-0.1, -0.05) is 0 Å². The predicted molar refractivity (Wildman–Crippen MR) is 76.6 cm³/mol. The Balaban J connectivity index is 2.04. The van der Waals surface area contributed by atoms with E-state index in [-0.39, 0.29) is 0 Å². The highest BCUT2D eigenvalue weighted by molar-refractivity contribution is 14.1. The molecule has 0 bridgehead atoms. The standard InChI is InChI=1S/C11H14IN5O/c1-11(2,18)7-17-6-9(5-15-17)16-10-13-3-8(12)4-14-10/h3-6,18H,7H2,1-2H3,(H,13,14,16). The molecule has 0 atom stereocenters. The fraction of sp³-hybridized carbons (Fsp3) is 0.364. The number of hydrogen-bond acceptors (Lipinski definition) is 5. The third-order valence-electron chi connectivity index (χ3n) is 2.06. The van der Waals surface area contributed by atoms with Crippen LogP contribution in [0.4, 0.5) is 11.6 Å². The molecule has 0 radical (unpaired) electrons. The molecule has 7 heteroatoms. The van der Waals surface area contributed by atoms with E-state index in [1.54, 1.807) is 43.3 Å². The summed E-state index contributed by atoms with van der Waals surface area (Å²) < 4.78 is 2.66. The summed E-state index contributed by atoms with van der Waals surface area (Å²) in [4.78, 5) is 8.28. The molecule has 0 aliphatic heterocycles. The molecule has 0 aromatic carbocycles.